The first-order valence-corrected chi connectivity index (χ1v) is 5.72. The maximum Gasteiger partial charge on any atom is 0.0260 e. The summed E-state index contributed by atoms with van der Waals surface area (Å²) in [6.07, 6.45) is 3.73. The molecule has 0 aromatic carbocycles. The van der Waals surface area contributed by atoms with Crippen LogP contribution in [0.15, 0.2) is 0 Å². The molecule has 0 aliphatic rings. The zero-order valence-corrected chi connectivity index (χ0v) is 10.2. The first-order chi connectivity index (χ1) is 4.65. The van der Waals surface area contributed by atoms with E-state index in [1.54, 1.807) is 0 Å². The van der Waals surface area contributed by atoms with Crippen LogP contribution in [0.1, 0.15) is 33.1 Å². The summed E-state index contributed by atoms with van der Waals surface area (Å²) in [5, 5.41) is 0. The molecule has 0 aliphatic heterocycles. The second-order valence-corrected chi connectivity index (χ2v) is 5.87. The van der Waals surface area contributed by atoms with Crippen molar-refractivity contribution in [3.05, 3.63) is 0 Å². The molecule has 0 saturated carbocycles. The molecule has 0 saturated heterocycles. The number of hydrogen-bond donors (Lipinski definition) is 0. The predicted octanol–water partition coefficient (Wildman–Crippen LogP) is 4.02. The molecule has 0 nitrogen and oxygen atoms in total. The van der Waals surface area contributed by atoms with Crippen LogP contribution in [-0.4, -0.2) is 10.4 Å². The van der Waals surface area contributed by atoms with Crippen molar-refractivity contribution in [3.8, 4) is 0 Å². The van der Waals surface area contributed by atoms with Gasteiger partial charge < -0.3 is 0 Å². The van der Waals surface area contributed by atoms with E-state index in [2.05, 4.69) is 32.1 Å². The van der Waals surface area contributed by atoms with E-state index in [0.29, 0.717) is 4.57 Å². The van der Waals surface area contributed by atoms with Crippen molar-refractivity contribution in [2.24, 2.45) is 0 Å². The Hall–Kier alpha value is 1.20. The Morgan fingerprint density at radius 1 is 1.50 bits per heavy atom. The molecule has 10 heavy (non-hydrogen) atoms. The second-order valence-electron chi connectivity index (χ2n) is 2.07. The Morgan fingerprint density at radius 2 is 1.90 bits per heavy atom. The average Bonchev–Trinajstić information content (AvgIpc) is 1.82. The van der Waals surface area contributed by atoms with E-state index >= 15 is 0 Å². The van der Waals surface area contributed by atoms with Gasteiger partial charge in [0.1, 0.15) is 0 Å². The van der Waals surface area contributed by atoms with Gasteiger partial charge in [-0.3, -0.25) is 0 Å². The SMILES string of the molecule is CC(P)Br.CCCCCCl. The van der Waals surface area contributed by atoms with E-state index in [0.717, 1.165) is 5.88 Å². The van der Waals surface area contributed by atoms with Crippen molar-refractivity contribution < 1.29 is 0 Å². The van der Waals surface area contributed by atoms with Crippen LogP contribution in [0.25, 0.3) is 0 Å². The molecule has 0 N–H and O–H groups in total. The van der Waals surface area contributed by atoms with E-state index in [1.165, 1.54) is 19.3 Å². The van der Waals surface area contributed by atoms with Crippen LogP contribution >= 0.6 is 36.8 Å². The van der Waals surface area contributed by atoms with Crippen LogP contribution in [0.3, 0.4) is 0 Å². The van der Waals surface area contributed by atoms with Gasteiger partial charge in [0.15, 0.2) is 0 Å². The zero-order valence-electron chi connectivity index (χ0n) is 6.74. The molecule has 2 unspecified atom stereocenters. The number of hydrogen-bond acceptors (Lipinski definition) is 0. The van der Waals surface area contributed by atoms with Crippen molar-refractivity contribution >= 4 is 36.8 Å². The molecule has 0 rings (SSSR count). The molecular formula is C7H17BrClP. The molecule has 64 valence electrons. The van der Waals surface area contributed by atoms with Gasteiger partial charge in [0.2, 0.25) is 0 Å². The van der Waals surface area contributed by atoms with Gasteiger partial charge in [-0.15, -0.1) is 20.8 Å². The van der Waals surface area contributed by atoms with Gasteiger partial charge in [0.25, 0.3) is 0 Å². The lowest BCUT2D eigenvalue weighted by Crippen LogP contribution is -1.70. The minimum Gasteiger partial charge on any atom is -0.127 e. The molecule has 0 amide bonds. The minimum atomic E-state index is 0.562. The Morgan fingerprint density at radius 3 is 2.00 bits per heavy atom. The molecule has 0 spiro atoms. The quantitative estimate of drug-likeness (QED) is 0.401. The molecule has 0 fully saturated rings. The van der Waals surface area contributed by atoms with Crippen LogP contribution in [-0.2, 0) is 0 Å². The van der Waals surface area contributed by atoms with Gasteiger partial charge in [-0.25, -0.2) is 0 Å². The molecule has 0 bridgehead atoms. The van der Waals surface area contributed by atoms with Gasteiger partial charge in [-0.2, -0.15) is 0 Å². The first-order valence-electron chi connectivity index (χ1n) is 3.60. The molecule has 0 radical (unpaired) electrons. The van der Waals surface area contributed by atoms with Gasteiger partial charge in [0.05, 0.1) is 0 Å². The van der Waals surface area contributed by atoms with Crippen LogP contribution in [0.2, 0.25) is 0 Å². The summed E-state index contributed by atoms with van der Waals surface area (Å²) in [6, 6.07) is 0. The molecule has 0 heterocycles. The van der Waals surface area contributed by atoms with Crippen molar-refractivity contribution in [2.75, 3.05) is 5.88 Å². The maximum absolute atomic E-state index is 5.38. The summed E-state index contributed by atoms with van der Waals surface area (Å²) >= 11 is 8.61. The highest BCUT2D eigenvalue weighted by Gasteiger charge is 1.76. The van der Waals surface area contributed by atoms with Gasteiger partial charge in [-0.05, 0) is 13.3 Å². The fourth-order valence-electron chi connectivity index (χ4n) is 0.344. The monoisotopic (exact) mass is 246 g/mol. The molecule has 3 heteroatoms. The fraction of sp³-hybridized carbons (Fsp3) is 1.00. The highest BCUT2D eigenvalue weighted by molar-refractivity contribution is 9.10. The Labute approximate surface area is 80.4 Å². The Balaban J connectivity index is 0. The molecule has 0 aromatic rings. The third-order valence-electron chi connectivity index (χ3n) is 0.737. The van der Waals surface area contributed by atoms with Crippen LogP contribution in [0, 0.1) is 0 Å². The van der Waals surface area contributed by atoms with Crippen molar-refractivity contribution in [1.82, 2.24) is 0 Å². The van der Waals surface area contributed by atoms with E-state index in [4.69, 9.17) is 11.6 Å². The summed E-state index contributed by atoms with van der Waals surface area (Å²) in [5.74, 6) is 0.827. The minimum absolute atomic E-state index is 0.562. The first kappa shape index (κ1) is 13.8. The molecule has 0 aliphatic carbocycles. The molecule has 0 aromatic heterocycles. The summed E-state index contributed by atoms with van der Waals surface area (Å²) in [5.41, 5.74) is 0. The predicted molar refractivity (Wildman–Crippen MR) is 58.3 cm³/mol. The summed E-state index contributed by atoms with van der Waals surface area (Å²) in [7, 11) is 2.57. The van der Waals surface area contributed by atoms with Gasteiger partial charge in [-0.1, -0.05) is 35.7 Å². The highest BCUT2D eigenvalue weighted by atomic mass is 79.9. The Bertz CT molecular complexity index is 44.1. The number of rotatable bonds is 3. The van der Waals surface area contributed by atoms with Crippen molar-refractivity contribution in [3.63, 3.8) is 0 Å². The largest absolute Gasteiger partial charge is 0.127 e. The van der Waals surface area contributed by atoms with E-state index in [9.17, 15) is 0 Å². The third kappa shape index (κ3) is 35.1. The lowest BCUT2D eigenvalue weighted by molar-refractivity contribution is 0.776. The lowest BCUT2D eigenvalue weighted by atomic mass is 10.3. The summed E-state index contributed by atoms with van der Waals surface area (Å²) < 4.78 is 0.562. The third-order valence-corrected chi connectivity index (χ3v) is 1.00. The molecular weight excluding hydrogens is 230 g/mol. The number of halogens is 2. The number of unbranched alkanes of at least 4 members (excludes halogenated alkanes) is 2. The normalized spacial score (nSPS) is 11.7. The maximum atomic E-state index is 5.38. The standard InChI is InChI=1S/C5H11Cl.C2H6BrP/c1-2-3-4-5-6;1-2(3)4/h2-5H2,1H3;2H,4H2,1H3. The van der Waals surface area contributed by atoms with Gasteiger partial charge in [0, 0.05) is 10.4 Å². The number of alkyl halides is 2. The average molecular weight is 248 g/mol. The van der Waals surface area contributed by atoms with E-state index in [-0.39, 0.29) is 0 Å². The van der Waals surface area contributed by atoms with Gasteiger partial charge >= 0.3 is 0 Å². The van der Waals surface area contributed by atoms with Crippen LogP contribution in [0.4, 0.5) is 0 Å². The van der Waals surface area contributed by atoms with Crippen LogP contribution in [0.5, 0.6) is 0 Å². The van der Waals surface area contributed by atoms with E-state index < -0.39 is 0 Å². The molecule has 2 atom stereocenters. The van der Waals surface area contributed by atoms with E-state index in [1.807, 2.05) is 6.92 Å². The Kier molecular flexibility index (Phi) is 17.7. The topological polar surface area (TPSA) is 0 Å². The summed E-state index contributed by atoms with van der Waals surface area (Å²) in [4.78, 5) is 0. The fourth-order valence-corrected chi connectivity index (χ4v) is 0.533. The highest BCUT2D eigenvalue weighted by Crippen LogP contribution is 2.03. The van der Waals surface area contributed by atoms with Crippen LogP contribution < -0.4 is 0 Å². The van der Waals surface area contributed by atoms with Crippen molar-refractivity contribution in [1.29, 1.82) is 0 Å². The van der Waals surface area contributed by atoms with Crippen molar-refractivity contribution in [2.45, 2.75) is 37.7 Å². The lowest BCUT2D eigenvalue weighted by Gasteiger charge is -1.84. The zero-order chi connectivity index (χ0) is 8.41. The second kappa shape index (κ2) is 12.8. The smallest absolute Gasteiger partial charge is 0.0260 e. The summed E-state index contributed by atoms with van der Waals surface area (Å²) in [6.45, 7) is 4.22.